The zero-order chi connectivity index (χ0) is 12.9. The first-order valence-corrected chi connectivity index (χ1v) is 5.65. The molecule has 4 heteroatoms. The summed E-state index contributed by atoms with van der Waals surface area (Å²) in [6.07, 6.45) is -1.38. The standard InChI is InChI=1S/C12H22O4/c1-7(2)11(13)9(5)16-12(14)10(6)15-8(3)4/h7-10H,1-6H3/t9-,10-/m0/s1. The highest BCUT2D eigenvalue weighted by atomic mass is 16.6. The smallest absolute Gasteiger partial charge is 0.335 e. The highest BCUT2D eigenvalue weighted by Gasteiger charge is 2.24. The van der Waals surface area contributed by atoms with Gasteiger partial charge in [0, 0.05) is 5.92 Å². The van der Waals surface area contributed by atoms with Gasteiger partial charge in [-0.25, -0.2) is 4.79 Å². The highest BCUT2D eigenvalue weighted by Crippen LogP contribution is 2.07. The molecule has 2 atom stereocenters. The monoisotopic (exact) mass is 230 g/mol. The first-order valence-electron chi connectivity index (χ1n) is 5.65. The number of carbonyl (C=O) groups excluding carboxylic acids is 2. The summed E-state index contributed by atoms with van der Waals surface area (Å²) in [5, 5.41) is 0. The highest BCUT2D eigenvalue weighted by molar-refractivity contribution is 5.87. The first-order chi connectivity index (χ1) is 7.25. The molecule has 0 unspecified atom stereocenters. The third kappa shape index (κ3) is 5.26. The van der Waals surface area contributed by atoms with Crippen LogP contribution in [0.25, 0.3) is 0 Å². The van der Waals surface area contributed by atoms with Gasteiger partial charge in [0.25, 0.3) is 0 Å². The number of ketones is 1. The largest absolute Gasteiger partial charge is 0.453 e. The summed E-state index contributed by atoms with van der Waals surface area (Å²) in [4.78, 5) is 23.0. The lowest BCUT2D eigenvalue weighted by atomic mass is 10.1. The Morgan fingerprint density at radius 2 is 1.38 bits per heavy atom. The van der Waals surface area contributed by atoms with Crippen LogP contribution in [0.2, 0.25) is 0 Å². The Balaban J connectivity index is 4.18. The summed E-state index contributed by atoms with van der Waals surface area (Å²) in [5.41, 5.74) is 0. The van der Waals surface area contributed by atoms with Crippen LogP contribution in [0.15, 0.2) is 0 Å². The molecule has 0 aromatic rings. The number of ether oxygens (including phenoxy) is 2. The van der Waals surface area contributed by atoms with E-state index >= 15 is 0 Å². The predicted molar refractivity (Wildman–Crippen MR) is 61.1 cm³/mol. The molecule has 0 aliphatic carbocycles. The molecule has 0 radical (unpaired) electrons. The van der Waals surface area contributed by atoms with Crippen molar-refractivity contribution in [2.24, 2.45) is 5.92 Å². The molecule has 4 nitrogen and oxygen atoms in total. The van der Waals surface area contributed by atoms with Gasteiger partial charge in [-0.1, -0.05) is 13.8 Å². The quantitative estimate of drug-likeness (QED) is 0.654. The zero-order valence-corrected chi connectivity index (χ0v) is 10.9. The Labute approximate surface area is 97.3 Å². The van der Waals surface area contributed by atoms with E-state index in [1.54, 1.807) is 27.7 Å². The third-order valence-corrected chi connectivity index (χ3v) is 2.07. The number of Topliss-reactive ketones (excluding diaryl/α,β-unsaturated/α-hetero) is 1. The summed E-state index contributed by atoms with van der Waals surface area (Å²) in [7, 11) is 0. The van der Waals surface area contributed by atoms with E-state index in [0.717, 1.165) is 0 Å². The average molecular weight is 230 g/mol. The minimum Gasteiger partial charge on any atom is -0.453 e. The second-order valence-electron chi connectivity index (χ2n) is 4.46. The van der Waals surface area contributed by atoms with Crippen molar-refractivity contribution < 1.29 is 19.1 Å². The normalized spacial score (nSPS) is 15.0. The molecule has 0 aromatic heterocycles. The molecule has 0 aliphatic heterocycles. The summed E-state index contributed by atoms with van der Waals surface area (Å²) in [6, 6.07) is 0. The van der Waals surface area contributed by atoms with E-state index < -0.39 is 18.2 Å². The first kappa shape index (κ1) is 15.1. The van der Waals surface area contributed by atoms with Crippen molar-refractivity contribution in [2.45, 2.75) is 59.9 Å². The van der Waals surface area contributed by atoms with Gasteiger partial charge in [-0.2, -0.15) is 0 Å². The molecule has 0 bridgehead atoms. The van der Waals surface area contributed by atoms with Crippen LogP contribution in [-0.2, 0) is 19.1 Å². The summed E-state index contributed by atoms with van der Waals surface area (Å²) in [5.74, 6) is -0.704. The second-order valence-corrected chi connectivity index (χ2v) is 4.46. The van der Waals surface area contributed by atoms with Gasteiger partial charge in [-0.05, 0) is 27.7 Å². The van der Waals surface area contributed by atoms with Gasteiger partial charge < -0.3 is 9.47 Å². The van der Waals surface area contributed by atoms with Crippen molar-refractivity contribution in [2.75, 3.05) is 0 Å². The third-order valence-electron chi connectivity index (χ3n) is 2.07. The summed E-state index contributed by atoms with van der Waals surface area (Å²) in [6.45, 7) is 10.4. The Morgan fingerprint density at radius 1 is 0.875 bits per heavy atom. The van der Waals surface area contributed by atoms with Crippen molar-refractivity contribution >= 4 is 11.8 Å². The van der Waals surface area contributed by atoms with Crippen molar-refractivity contribution in [3.8, 4) is 0 Å². The van der Waals surface area contributed by atoms with E-state index in [9.17, 15) is 9.59 Å². The Kier molecular flexibility index (Phi) is 6.26. The maximum absolute atomic E-state index is 11.5. The maximum Gasteiger partial charge on any atom is 0.335 e. The summed E-state index contributed by atoms with van der Waals surface area (Å²) < 4.78 is 10.3. The topological polar surface area (TPSA) is 52.6 Å². The molecule has 0 spiro atoms. The molecule has 0 saturated heterocycles. The number of hydrogen-bond donors (Lipinski definition) is 0. The van der Waals surface area contributed by atoms with Crippen molar-refractivity contribution in [3.05, 3.63) is 0 Å². The number of rotatable bonds is 6. The fourth-order valence-electron chi connectivity index (χ4n) is 1.26. The van der Waals surface area contributed by atoms with Crippen LogP contribution in [-0.4, -0.2) is 30.1 Å². The molecular weight excluding hydrogens is 208 g/mol. The molecule has 0 amide bonds. The predicted octanol–water partition coefficient (Wildman–Crippen LogP) is 1.96. The van der Waals surface area contributed by atoms with E-state index in [2.05, 4.69) is 0 Å². The molecule has 94 valence electrons. The SMILES string of the molecule is CC(C)O[C@@H](C)C(=O)O[C@@H](C)C(=O)C(C)C. The molecule has 0 rings (SSSR count). The van der Waals surface area contributed by atoms with Gasteiger partial charge in [0.1, 0.15) is 0 Å². The lowest BCUT2D eigenvalue weighted by Crippen LogP contribution is -2.33. The van der Waals surface area contributed by atoms with Crippen LogP contribution < -0.4 is 0 Å². The zero-order valence-electron chi connectivity index (χ0n) is 10.9. The van der Waals surface area contributed by atoms with E-state index in [-0.39, 0.29) is 17.8 Å². The molecule has 0 aromatic carbocycles. The lowest BCUT2D eigenvalue weighted by molar-refractivity contribution is -0.167. The van der Waals surface area contributed by atoms with Crippen LogP contribution in [0, 0.1) is 5.92 Å². The van der Waals surface area contributed by atoms with E-state index in [4.69, 9.17) is 9.47 Å². The maximum atomic E-state index is 11.5. The Bertz CT molecular complexity index is 245. The van der Waals surface area contributed by atoms with E-state index in [1.807, 2.05) is 13.8 Å². The number of hydrogen-bond acceptors (Lipinski definition) is 4. The van der Waals surface area contributed by atoms with Crippen LogP contribution in [0.4, 0.5) is 0 Å². The molecule has 0 fully saturated rings. The van der Waals surface area contributed by atoms with Gasteiger partial charge in [-0.3, -0.25) is 4.79 Å². The number of carbonyl (C=O) groups is 2. The van der Waals surface area contributed by atoms with Crippen molar-refractivity contribution in [1.29, 1.82) is 0 Å². The second kappa shape index (κ2) is 6.63. The molecule has 0 N–H and O–H groups in total. The summed E-state index contributed by atoms with van der Waals surface area (Å²) >= 11 is 0. The van der Waals surface area contributed by atoms with Crippen LogP contribution in [0.1, 0.15) is 41.5 Å². The fraction of sp³-hybridized carbons (Fsp3) is 0.833. The molecule has 0 saturated carbocycles. The molecule has 16 heavy (non-hydrogen) atoms. The van der Waals surface area contributed by atoms with Crippen LogP contribution in [0.3, 0.4) is 0 Å². The van der Waals surface area contributed by atoms with Crippen molar-refractivity contribution in [3.63, 3.8) is 0 Å². The van der Waals surface area contributed by atoms with Gasteiger partial charge in [0.05, 0.1) is 6.10 Å². The Morgan fingerprint density at radius 3 is 1.75 bits per heavy atom. The minimum absolute atomic E-state index is 0.0429. The average Bonchev–Trinajstić information content (AvgIpc) is 2.14. The molecule has 0 aliphatic rings. The van der Waals surface area contributed by atoms with E-state index in [1.165, 1.54) is 0 Å². The fourth-order valence-corrected chi connectivity index (χ4v) is 1.26. The lowest BCUT2D eigenvalue weighted by Gasteiger charge is -2.19. The van der Waals surface area contributed by atoms with Crippen LogP contribution >= 0.6 is 0 Å². The van der Waals surface area contributed by atoms with Gasteiger partial charge in [-0.15, -0.1) is 0 Å². The van der Waals surface area contributed by atoms with Crippen molar-refractivity contribution in [1.82, 2.24) is 0 Å². The van der Waals surface area contributed by atoms with Gasteiger partial charge >= 0.3 is 5.97 Å². The Hall–Kier alpha value is -0.900. The molecule has 0 heterocycles. The van der Waals surface area contributed by atoms with Crippen LogP contribution in [0.5, 0.6) is 0 Å². The van der Waals surface area contributed by atoms with E-state index in [0.29, 0.717) is 0 Å². The van der Waals surface area contributed by atoms with Gasteiger partial charge in [0.15, 0.2) is 18.0 Å². The molecular formula is C12H22O4. The van der Waals surface area contributed by atoms with Gasteiger partial charge in [0.2, 0.25) is 0 Å². The minimum atomic E-state index is -0.703. The number of esters is 1.